The first kappa shape index (κ1) is 21.9. The number of hydrogen-bond donors (Lipinski definition) is 2. The lowest BCUT2D eigenvalue weighted by Crippen LogP contribution is -2.49. The number of hydrogen-bond acceptors (Lipinski definition) is 6. The molecule has 2 heterocycles. The SMILES string of the molecule is COC(=O)c1ccc(CN(C(=O)N2CCS(O)(O)CC2)c2ccc(F)cn2)c(F)c1. The van der Waals surface area contributed by atoms with Gasteiger partial charge >= 0.3 is 12.0 Å². The molecule has 0 spiro atoms. The molecule has 1 aliphatic rings. The molecule has 30 heavy (non-hydrogen) atoms. The zero-order chi connectivity index (χ0) is 21.9. The van der Waals surface area contributed by atoms with Gasteiger partial charge < -0.3 is 9.64 Å². The topological polar surface area (TPSA) is 103 Å². The summed E-state index contributed by atoms with van der Waals surface area (Å²) in [6, 6.07) is 5.65. The molecule has 0 aliphatic carbocycles. The molecule has 1 saturated heterocycles. The molecule has 2 aromatic rings. The van der Waals surface area contributed by atoms with Crippen molar-refractivity contribution in [2.75, 3.05) is 36.6 Å². The first-order valence-electron chi connectivity index (χ1n) is 8.98. The summed E-state index contributed by atoms with van der Waals surface area (Å²) in [7, 11) is -1.52. The fraction of sp³-hybridized carbons (Fsp3) is 0.316. The van der Waals surface area contributed by atoms with E-state index in [1.807, 2.05) is 0 Å². The third kappa shape index (κ3) is 5.04. The van der Waals surface area contributed by atoms with Gasteiger partial charge in [-0.05, 0) is 24.3 Å². The van der Waals surface area contributed by atoms with Crippen molar-refractivity contribution in [3.63, 3.8) is 0 Å². The van der Waals surface area contributed by atoms with Gasteiger partial charge in [0, 0.05) is 18.7 Å². The number of halogens is 2. The number of carbonyl (C=O) groups is 2. The third-order valence-corrected chi connectivity index (χ3v) is 6.34. The first-order chi connectivity index (χ1) is 14.2. The summed E-state index contributed by atoms with van der Waals surface area (Å²) < 4.78 is 52.0. The van der Waals surface area contributed by atoms with Crippen LogP contribution in [-0.4, -0.2) is 62.7 Å². The number of benzene rings is 1. The first-order valence-corrected chi connectivity index (χ1v) is 10.9. The normalized spacial score (nSPS) is 16.6. The number of esters is 1. The Labute approximate surface area is 173 Å². The van der Waals surface area contributed by atoms with E-state index in [1.54, 1.807) is 0 Å². The van der Waals surface area contributed by atoms with E-state index in [0.717, 1.165) is 18.3 Å². The number of urea groups is 1. The van der Waals surface area contributed by atoms with Crippen LogP contribution in [0.25, 0.3) is 0 Å². The summed E-state index contributed by atoms with van der Waals surface area (Å²) >= 11 is 0. The van der Waals surface area contributed by atoms with Crippen LogP contribution in [0.5, 0.6) is 0 Å². The Kier molecular flexibility index (Phi) is 6.54. The fourth-order valence-electron chi connectivity index (χ4n) is 2.95. The third-order valence-electron chi connectivity index (χ3n) is 4.67. The number of amides is 2. The maximum Gasteiger partial charge on any atom is 0.337 e. The molecule has 0 saturated carbocycles. The number of rotatable bonds is 4. The van der Waals surface area contributed by atoms with Gasteiger partial charge in [-0.25, -0.2) is 23.4 Å². The van der Waals surface area contributed by atoms with Crippen LogP contribution in [0.3, 0.4) is 0 Å². The number of ether oxygens (including phenoxy) is 1. The van der Waals surface area contributed by atoms with E-state index < -0.39 is 34.2 Å². The van der Waals surface area contributed by atoms with Crippen LogP contribution in [0.2, 0.25) is 0 Å². The number of anilines is 1. The molecule has 1 aromatic carbocycles. The second-order valence-electron chi connectivity index (χ2n) is 6.70. The Hall–Kier alpha value is -2.76. The zero-order valence-electron chi connectivity index (χ0n) is 16.1. The number of nitrogens with zero attached hydrogens (tertiary/aromatic N) is 3. The highest BCUT2D eigenvalue weighted by atomic mass is 32.3. The van der Waals surface area contributed by atoms with Crippen molar-refractivity contribution in [1.29, 1.82) is 0 Å². The van der Waals surface area contributed by atoms with E-state index >= 15 is 0 Å². The molecular weight excluding hydrogens is 420 g/mol. The monoisotopic (exact) mass is 441 g/mol. The molecule has 1 fully saturated rings. The van der Waals surface area contributed by atoms with Crippen molar-refractivity contribution < 1.29 is 32.2 Å². The smallest absolute Gasteiger partial charge is 0.337 e. The van der Waals surface area contributed by atoms with Crippen LogP contribution in [0.1, 0.15) is 15.9 Å². The number of carbonyl (C=O) groups excluding carboxylic acids is 2. The van der Waals surface area contributed by atoms with Gasteiger partial charge in [0.05, 0.1) is 36.9 Å². The molecule has 162 valence electrons. The van der Waals surface area contributed by atoms with Gasteiger partial charge in [-0.15, -0.1) is 0 Å². The largest absolute Gasteiger partial charge is 0.465 e. The minimum Gasteiger partial charge on any atom is -0.465 e. The molecule has 2 N–H and O–H groups in total. The predicted molar refractivity (Wildman–Crippen MR) is 108 cm³/mol. The van der Waals surface area contributed by atoms with E-state index in [-0.39, 0.29) is 48.1 Å². The lowest BCUT2D eigenvalue weighted by Gasteiger charge is -2.42. The van der Waals surface area contributed by atoms with E-state index in [1.165, 1.54) is 35.1 Å². The van der Waals surface area contributed by atoms with Crippen molar-refractivity contribution in [2.45, 2.75) is 6.54 Å². The van der Waals surface area contributed by atoms with Crippen molar-refractivity contribution in [2.24, 2.45) is 0 Å². The zero-order valence-corrected chi connectivity index (χ0v) is 16.9. The van der Waals surface area contributed by atoms with Gasteiger partial charge in [-0.3, -0.25) is 14.0 Å². The van der Waals surface area contributed by atoms with Gasteiger partial charge in [-0.1, -0.05) is 6.07 Å². The highest BCUT2D eigenvalue weighted by Crippen LogP contribution is 2.40. The second-order valence-corrected chi connectivity index (χ2v) is 9.12. The molecule has 0 atom stereocenters. The quantitative estimate of drug-likeness (QED) is 0.706. The van der Waals surface area contributed by atoms with Gasteiger partial charge in [0.2, 0.25) is 0 Å². The summed E-state index contributed by atoms with van der Waals surface area (Å²) in [5, 5.41) is 0. The molecule has 3 rings (SSSR count). The molecule has 0 unspecified atom stereocenters. The van der Waals surface area contributed by atoms with Gasteiger partial charge in [0.15, 0.2) is 0 Å². The Balaban J connectivity index is 1.88. The van der Waals surface area contributed by atoms with Crippen LogP contribution in [-0.2, 0) is 11.3 Å². The average molecular weight is 441 g/mol. The minimum atomic E-state index is -2.71. The van der Waals surface area contributed by atoms with Crippen molar-refractivity contribution >= 4 is 28.4 Å². The van der Waals surface area contributed by atoms with Crippen LogP contribution in [0.15, 0.2) is 36.5 Å². The summed E-state index contributed by atoms with van der Waals surface area (Å²) in [5.74, 6) is -1.80. The molecule has 1 aliphatic heterocycles. The summed E-state index contributed by atoms with van der Waals surface area (Å²) in [6.07, 6.45) is 0.944. The molecular formula is C19H21F2N3O5S. The molecule has 11 heteroatoms. The van der Waals surface area contributed by atoms with E-state index in [4.69, 9.17) is 0 Å². The Morgan fingerprint density at radius 1 is 1.20 bits per heavy atom. The van der Waals surface area contributed by atoms with Crippen LogP contribution < -0.4 is 4.90 Å². The van der Waals surface area contributed by atoms with Gasteiger partial charge in [-0.2, -0.15) is 10.6 Å². The van der Waals surface area contributed by atoms with E-state index in [2.05, 4.69) is 9.72 Å². The van der Waals surface area contributed by atoms with Crippen molar-refractivity contribution in [1.82, 2.24) is 9.88 Å². The fourth-order valence-corrected chi connectivity index (χ4v) is 4.18. The maximum absolute atomic E-state index is 14.6. The molecule has 0 bridgehead atoms. The summed E-state index contributed by atoms with van der Waals surface area (Å²) in [6.45, 7) is 0.00272. The standard InChI is InChI=1S/C19H21F2N3O5S/c1-29-18(25)13-2-3-14(16(21)10-13)12-24(17-5-4-15(20)11-22-17)19(26)23-6-8-30(27,28)9-7-23/h2-5,10-11,27-28H,6-9,12H2,1H3. The Morgan fingerprint density at radius 3 is 2.47 bits per heavy atom. The highest BCUT2D eigenvalue weighted by molar-refractivity contribution is 8.24. The summed E-state index contributed by atoms with van der Waals surface area (Å²) in [5.41, 5.74) is 0.140. The van der Waals surface area contributed by atoms with Crippen molar-refractivity contribution in [3.05, 3.63) is 59.3 Å². The highest BCUT2D eigenvalue weighted by Gasteiger charge is 2.30. The average Bonchev–Trinajstić information content (AvgIpc) is 2.72. The number of pyridine rings is 1. The number of aromatic nitrogens is 1. The summed E-state index contributed by atoms with van der Waals surface area (Å²) in [4.78, 5) is 31.2. The van der Waals surface area contributed by atoms with Crippen LogP contribution in [0.4, 0.5) is 19.4 Å². The number of methoxy groups -OCH3 is 1. The Morgan fingerprint density at radius 2 is 1.90 bits per heavy atom. The Bertz CT molecular complexity index is 932. The molecule has 1 aromatic heterocycles. The van der Waals surface area contributed by atoms with E-state index in [0.29, 0.717) is 0 Å². The minimum absolute atomic E-state index is 0.0257. The predicted octanol–water partition coefficient (Wildman–Crippen LogP) is 3.34. The van der Waals surface area contributed by atoms with E-state index in [9.17, 15) is 27.5 Å². The van der Waals surface area contributed by atoms with Gasteiger partial charge in [0.1, 0.15) is 17.5 Å². The van der Waals surface area contributed by atoms with Crippen molar-refractivity contribution in [3.8, 4) is 0 Å². The maximum atomic E-state index is 14.6. The molecule has 2 amide bonds. The second kappa shape index (κ2) is 8.94. The molecule has 0 radical (unpaired) electrons. The lowest BCUT2D eigenvalue weighted by molar-refractivity contribution is 0.0600. The van der Waals surface area contributed by atoms with Crippen LogP contribution >= 0.6 is 10.6 Å². The lowest BCUT2D eigenvalue weighted by atomic mass is 10.1. The van der Waals surface area contributed by atoms with Gasteiger partial charge in [0.25, 0.3) is 0 Å². The van der Waals surface area contributed by atoms with Crippen LogP contribution in [0, 0.1) is 11.6 Å². The molecule has 8 nitrogen and oxygen atoms in total.